The normalized spacial score (nSPS) is 20.0. The molecule has 0 spiro atoms. The first-order valence-electron chi connectivity index (χ1n) is 5.61. The summed E-state index contributed by atoms with van der Waals surface area (Å²) in [6.07, 6.45) is 1.64. The summed E-state index contributed by atoms with van der Waals surface area (Å²) < 4.78 is 22.0. The van der Waals surface area contributed by atoms with Crippen LogP contribution in [0, 0.1) is 0 Å². The molecule has 0 aromatic carbocycles. The maximum absolute atomic E-state index is 11.8. The van der Waals surface area contributed by atoms with Crippen molar-refractivity contribution >= 4 is 39.9 Å². The number of carbonyl (C=O) groups excluding carboxylic acids is 1. The van der Waals surface area contributed by atoms with Crippen LogP contribution in [-0.4, -0.2) is 68.9 Å². The fourth-order valence-corrected chi connectivity index (χ4v) is 3.10. The fraction of sp³-hybridized carbons (Fsp3) is 0.900. The number of hydrogen-bond donors (Lipinski definition) is 1. The molecule has 1 amide bonds. The van der Waals surface area contributed by atoms with E-state index in [1.54, 1.807) is 7.05 Å². The van der Waals surface area contributed by atoms with Crippen LogP contribution in [0.2, 0.25) is 0 Å². The third-order valence-corrected chi connectivity index (χ3v) is 4.70. The molecular formula is C10H21ClN2O3S2. The SMILES string of the molecule is CN(CCS(C)(=O)=O)C(=O)CC1CSCCN1.Cl. The number of hydrogen-bond acceptors (Lipinski definition) is 5. The van der Waals surface area contributed by atoms with Crippen LogP contribution >= 0.6 is 24.2 Å². The number of nitrogens with zero attached hydrogens (tertiary/aromatic N) is 1. The van der Waals surface area contributed by atoms with Gasteiger partial charge in [0.15, 0.2) is 0 Å². The van der Waals surface area contributed by atoms with Crippen LogP contribution in [0.4, 0.5) is 0 Å². The van der Waals surface area contributed by atoms with Gasteiger partial charge in [0.05, 0.1) is 5.75 Å². The lowest BCUT2D eigenvalue weighted by Gasteiger charge is -2.25. The lowest BCUT2D eigenvalue weighted by molar-refractivity contribution is -0.130. The molecule has 18 heavy (non-hydrogen) atoms. The number of sulfone groups is 1. The highest BCUT2D eigenvalue weighted by Crippen LogP contribution is 2.11. The molecule has 1 atom stereocenters. The zero-order valence-corrected chi connectivity index (χ0v) is 13.2. The minimum Gasteiger partial charge on any atom is -0.345 e. The summed E-state index contributed by atoms with van der Waals surface area (Å²) in [7, 11) is -1.34. The summed E-state index contributed by atoms with van der Waals surface area (Å²) in [5.74, 6) is 2.08. The molecule has 0 bridgehead atoms. The van der Waals surface area contributed by atoms with E-state index in [4.69, 9.17) is 0 Å². The minimum atomic E-state index is -3.00. The van der Waals surface area contributed by atoms with E-state index in [0.29, 0.717) is 6.42 Å². The second-order valence-corrected chi connectivity index (χ2v) is 7.78. The summed E-state index contributed by atoms with van der Waals surface area (Å²) >= 11 is 1.85. The molecule has 0 radical (unpaired) electrons. The van der Waals surface area contributed by atoms with Gasteiger partial charge in [-0.05, 0) is 0 Å². The predicted molar refractivity (Wildman–Crippen MR) is 78.3 cm³/mol. The van der Waals surface area contributed by atoms with Gasteiger partial charge in [-0.1, -0.05) is 0 Å². The smallest absolute Gasteiger partial charge is 0.223 e. The van der Waals surface area contributed by atoms with E-state index in [1.165, 1.54) is 11.2 Å². The van der Waals surface area contributed by atoms with Crippen molar-refractivity contribution in [2.45, 2.75) is 12.5 Å². The van der Waals surface area contributed by atoms with Crippen molar-refractivity contribution in [2.75, 3.05) is 43.7 Å². The van der Waals surface area contributed by atoms with Crippen LogP contribution < -0.4 is 5.32 Å². The van der Waals surface area contributed by atoms with Crippen LogP contribution in [0.25, 0.3) is 0 Å². The summed E-state index contributed by atoms with van der Waals surface area (Å²) in [6, 6.07) is 0.224. The van der Waals surface area contributed by atoms with Crippen molar-refractivity contribution in [3.05, 3.63) is 0 Å². The molecule has 108 valence electrons. The van der Waals surface area contributed by atoms with Crippen LogP contribution in [0.15, 0.2) is 0 Å². The number of thioether (sulfide) groups is 1. The van der Waals surface area contributed by atoms with Gasteiger partial charge < -0.3 is 10.2 Å². The van der Waals surface area contributed by atoms with Crippen LogP contribution in [0.5, 0.6) is 0 Å². The minimum absolute atomic E-state index is 0. The number of halogens is 1. The quantitative estimate of drug-likeness (QED) is 0.774. The Hall–Kier alpha value is 0.0200. The molecular weight excluding hydrogens is 296 g/mol. The zero-order valence-electron chi connectivity index (χ0n) is 10.7. The Balaban J connectivity index is 0.00000289. The average Bonchev–Trinajstić information content (AvgIpc) is 2.26. The zero-order chi connectivity index (χ0) is 12.9. The first-order chi connectivity index (χ1) is 7.88. The monoisotopic (exact) mass is 316 g/mol. The van der Waals surface area contributed by atoms with E-state index in [9.17, 15) is 13.2 Å². The molecule has 1 fully saturated rings. The maximum Gasteiger partial charge on any atom is 0.223 e. The molecule has 1 saturated heterocycles. The third kappa shape index (κ3) is 7.45. The van der Waals surface area contributed by atoms with Gasteiger partial charge >= 0.3 is 0 Å². The molecule has 1 aliphatic heterocycles. The molecule has 8 heteroatoms. The molecule has 0 aromatic rings. The molecule has 1 rings (SSSR count). The Kier molecular flexibility index (Phi) is 8.25. The molecule has 0 aliphatic carbocycles. The van der Waals surface area contributed by atoms with Gasteiger partial charge in [-0.3, -0.25) is 4.79 Å². The molecule has 1 aliphatic rings. The lowest BCUT2D eigenvalue weighted by atomic mass is 10.2. The van der Waals surface area contributed by atoms with Crippen molar-refractivity contribution < 1.29 is 13.2 Å². The lowest BCUT2D eigenvalue weighted by Crippen LogP contribution is -2.42. The summed E-state index contributed by atoms with van der Waals surface area (Å²) in [5, 5.41) is 3.29. The van der Waals surface area contributed by atoms with Gasteiger partial charge in [0.2, 0.25) is 5.91 Å². The largest absolute Gasteiger partial charge is 0.345 e. The Bertz CT molecular complexity index is 356. The summed E-state index contributed by atoms with van der Waals surface area (Å²) in [4.78, 5) is 13.3. The second kappa shape index (κ2) is 8.24. The Morgan fingerprint density at radius 1 is 1.50 bits per heavy atom. The van der Waals surface area contributed by atoms with Gasteiger partial charge in [-0.2, -0.15) is 11.8 Å². The van der Waals surface area contributed by atoms with Gasteiger partial charge in [0.25, 0.3) is 0 Å². The van der Waals surface area contributed by atoms with Gasteiger partial charge in [-0.15, -0.1) is 12.4 Å². The number of nitrogens with one attached hydrogen (secondary N) is 1. The van der Waals surface area contributed by atoms with E-state index in [2.05, 4.69) is 5.32 Å². The van der Waals surface area contributed by atoms with Crippen LogP contribution in [-0.2, 0) is 14.6 Å². The van der Waals surface area contributed by atoms with Gasteiger partial charge in [-0.25, -0.2) is 8.42 Å². The topological polar surface area (TPSA) is 66.5 Å². The van der Waals surface area contributed by atoms with Crippen molar-refractivity contribution in [1.29, 1.82) is 0 Å². The van der Waals surface area contributed by atoms with Crippen LogP contribution in [0.1, 0.15) is 6.42 Å². The van der Waals surface area contributed by atoms with Crippen molar-refractivity contribution in [3.8, 4) is 0 Å². The highest BCUT2D eigenvalue weighted by molar-refractivity contribution is 7.99. The van der Waals surface area contributed by atoms with Crippen molar-refractivity contribution in [2.24, 2.45) is 0 Å². The van der Waals surface area contributed by atoms with Crippen molar-refractivity contribution in [1.82, 2.24) is 10.2 Å². The number of carbonyl (C=O) groups is 1. The van der Waals surface area contributed by atoms with Crippen molar-refractivity contribution in [3.63, 3.8) is 0 Å². The number of rotatable bonds is 5. The summed E-state index contributed by atoms with van der Waals surface area (Å²) in [6.45, 7) is 1.22. The highest BCUT2D eigenvalue weighted by Gasteiger charge is 2.19. The van der Waals surface area contributed by atoms with Gasteiger partial charge in [0.1, 0.15) is 9.84 Å². The highest BCUT2D eigenvalue weighted by atomic mass is 35.5. The molecule has 1 heterocycles. The van der Waals surface area contributed by atoms with E-state index >= 15 is 0 Å². The molecule has 5 nitrogen and oxygen atoms in total. The maximum atomic E-state index is 11.8. The predicted octanol–water partition coefficient (Wildman–Crippen LogP) is 0.00630. The number of amides is 1. The Morgan fingerprint density at radius 3 is 2.67 bits per heavy atom. The average molecular weight is 317 g/mol. The first kappa shape index (κ1) is 18.0. The Labute approximate surface area is 119 Å². The van der Waals surface area contributed by atoms with E-state index in [0.717, 1.165) is 18.1 Å². The van der Waals surface area contributed by atoms with E-state index in [1.807, 2.05) is 11.8 Å². The first-order valence-corrected chi connectivity index (χ1v) is 8.83. The van der Waals surface area contributed by atoms with E-state index in [-0.39, 0.29) is 36.7 Å². The second-order valence-electron chi connectivity index (χ2n) is 4.38. The third-order valence-electron chi connectivity index (χ3n) is 2.64. The van der Waals surface area contributed by atoms with E-state index < -0.39 is 9.84 Å². The molecule has 0 aromatic heterocycles. The fourth-order valence-electron chi connectivity index (χ4n) is 1.54. The van der Waals surface area contributed by atoms with Crippen LogP contribution in [0.3, 0.4) is 0 Å². The summed E-state index contributed by atoms with van der Waals surface area (Å²) in [5.41, 5.74) is 0. The molecule has 1 N–H and O–H groups in total. The molecule has 1 unspecified atom stereocenters. The standard InChI is InChI=1S/C10H20N2O3S2.ClH/c1-12(4-6-17(2,14)15)10(13)7-9-8-16-5-3-11-9;/h9,11H,3-8H2,1-2H3;1H. The van der Waals surface area contributed by atoms with Gasteiger partial charge in [0, 0.05) is 50.4 Å². The molecule has 0 saturated carbocycles. The Morgan fingerprint density at radius 2 is 2.17 bits per heavy atom.